The molecule has 0 bridgehead atoms. The lowest BCUT2D eigenvalue weighted by molar-refractivity contribution is 0.170. The zero-order chi connectivity index (χ0) is 25.1. The van der Waals surface area contributed by atoms with Crippen molar-refractivity contribution in [2.75, 3.05) is 37.6 Å². The molecule has 2 heterocycles. The van der Waals surface area contributed by atoms with Gasteiger partial charge in [0.25, 0.3) is 0 Å². The number of aromatic nitrogens is 1. The number of anilines is 1. The van der Waals surface area contributed by atoms with E-state index in [9.17, 15) is 0 Å². The van der Waals surface area contributed by atoms with Gasteiger partial charge in [-0.3, -0.25) is 4.90 Å². The van der Waals surface area contributed by atoms with Crippen LogP contribution in [0.2, 0.25) is 0 Å². The fourth-order valence-corrected chi connectivity index (χ4v) is 6.18. The largest absolute Gasteiger partial charge is 0.356 e. The van der Waals surface area contributed by atoms with E-state index in [4.69, 9.17) is 10.7 Å². The SMILES string of the molecule is CCCCCN(CCN)C1CCN(c2cccc(-c3ccc4c(c3)C(C)(C)CCC4(C)C)n2)CC1. The number of hydrogen-bond donors (Lipinski definition) is 1. The first kappa shape index (κ1) is 26.2. The normalized spacial score (nSPS) is 19.7. The lowest BCUT2D eigenvalue weighted by Crippen LogP contribution is -2.47. The number of benzene rings is 1. The summed E-state index contributed by atoms with van der Waals surface area (Å²) < 4.78 is 0. The van der Waals surface area contributed by atoms with Gasteiger partial charge in [0.15, 0.2) is 0 Å². The van der Waals surface area contributed by atoms with E-state index < -0.39 is 0 Å². The van der Waals surface area contributed by atoms with Crippen molar-refractivity contribution < 1.29 is 0 Å². The molecule has 4 rings (SSSR count). The minimum Gasteiger partial charge on any atom is -0.356 e. The minimum atomic E-state index is 0.215. The van der Waals surface area contributed by atoms with Crippen LogP contribution in [0.5, 0.6) is 0 Å². The average molecular weight is 477 g/mol. The number of nitrogens with zero attached hydrogens (tertiary/aromatic N) is 3. The maximum Gasteiger partial charge on any atom is 0.129 e. The van der Waals surface area contributed by atoms with Gasteiger partial charge in [-0.2, -0.15) is 0 Å². The number of pyridine rings is 1. The van der Waals surface area contributed by atoms with Crippen molar-refractivity contribution in [1.82, 2.24) is 9.88 Å². The Morgan fingerprint density at radius 1 is 0.943 bits per heavy atom. The van der Waals surface area contributed by atoms with Gasteiger partial charge >= 0.3 is 0 Å². The number of unbranched alkanes of at least 4 members (excludes halogenated alkanes) is 2. The van der Waals surface area contributed by atoms with E-state index in [1.54, 1.807) is 0 Å². The van der Waals surface area contributed by atoms with Crippen LogP contribution in [-0.4, -0.2) is 48.6 Å². The van der Waals surface area contributed by atoms with Gasteiger partial charge < -0.3 is 10.6 Å². The van der Waals surface area contributed by atoms with Gasteiger partial charge in [0.2, 0.25) is 0 Å². The van der Waals surface area contributed by atoms with E-state index in [1.165, 1.54) is 68.2 Å². The fourth-order valence-electron chi connectivity index (χ4n) is 6.18. The van der Waals surface area contributed by atoms with Crippen molar-refractivity contribution in [2.45, 2.75) is 96.4 Å². The summed E-state index contributed by atoms with van der Waals surface area (Å²) in [5.74, 6) is 1.12. The fraction of sp³-hybridized carbons (Fsp3) is 0.645. The molecule has 192 valence electrons. The Balaban J connectivity index is 1.48. The second kappa shape index (κ2) is 11.0. The molecular formula is C31H48N4. The van der Waals surface area contributed by atoms with Crippen molar-refractivity contribution in [3.05, 3.63) is 47.5 Å². The van der Waals surface area contributed by atoms with Crippen LogP contribution in [0.4, 0.5) is 5.82 Å². The van der Waals surface area contributed by atoms with E-state index in [2.05, 4.69) is 80.8 Å². The maximum absolute atomic E-state index is 5.94. The summed E-state index contributed by atoms with van der Waals surface area (Å²) in [5.41, 5.74) is 11.8. The highest BCUT2D eigenvalue weighted by Crippen LogP contribution is 2.46. The van der Waals surface area contributed by atoms with Crippen molar-refractivity contribution in [2.24, 2.45) is 5.73 Å². The third-order valence-electron chi connectivity index (χ3n) is 8.65. The molecule has 1 aromatic carbocycles. The van der Waals surface area contributed by atoms with E-state index in [1.807, 2.05) is 0 Å². The highest BCUT2D eigenvalue weighted by molar-refractivity contribution is 5.65. The Hall–Kier alpha value is -1.91. The number of piperidine rings is 1. The number of rotatable bonds is 9. The Morgan fingerprint density at radius 3 is 2.34 bits per heavy atom. The molecule has 0 atom stereocenters. The summed E-state index contributed by atoms with van der Waals surface area (Å²) in [5, 5.41) is 0. The summed E-state index contributed by atoms with van der Waals surface area (Å²) in [6.45, 7) is 17.0. The molecular weight excluding hydrogens is 428 g/mol. The van der Waals surface area contributed by atoms with Gasteiger partial charge in [0.05, 0.1) is 5.69 Å². The number of hydrogen-bond acceptors (Lipinski definition) is 4. The zero-order valence-electron chi connectivity index (χ0n) is 22.9. The van der Waals surface area contributed by atoms with Crippen LogP contribution >= 0.6 is 0 Å². The summed E-state index contributed by atoms with van der Waals surface area (Å²) in [6, 6.07) is 14.3. The maximum atomic E-state index is 5.94. The Kier molecular flexibility index (Phi) is 8.23. The third kappa shape index (κ3) is 5.91. The van der Waals surface area contributed by atoms with Crippen LogP contribution in [-0.2, 0) is 10.8 Å². The molecule has 1 aromatic heterocycles. The van der Waals surface area contributed by atoms with E-state index in [0.29, 0.717) is 6.04 Å². The quantitative estimate of drug-likeness (QED) is 0.419. The molecule has 35 heavy (non-hydrogen) atoms. The summed E-state index contributed by atoms with van der Waals surface area (Å²) >= 11 is 0. The molecule has 2 N–H and O–H groups in total. The molecule has 4 heteroatoms. The first-order chi connectivity index (χ1) is 16.7. The van der Waals surface area contributed by atoms with Crippen molar-refractivity contribution in [3.8, 4) is 11.3 Å². The molecule has 0 radical (unpaired) electrons. The summed E-state index contributed by atoms with van der Waals surface area (Å²) in [6.07, 6.45) is 8.75. The smallest absolute Gasteiger partial charge is 0.129 e. The molecule has 1 saturated heterocycles. The highest BCUT2D eigenvalue weighted by Gasteiger charge is 2.37. The molecule has 0 amide bonds. The zero-order valence-corrected chi connectivity index (χ0v) is 22.9. The number of fused-ring (bicyclic) bond motifs is 1. The van der Waals surface area contributed by atoms with Gasteiger partial charge in [-0.25, -0.2) is 4.98 Å². The van der Waals surface area contributed by atoms with Crippen LogP contribution in [0.15, 0.2) is 36.4 Å². The van der Waals surface area contributed by atoms with E-state index in [0.717, 1.165) is 37.7 Å². The Morgan fingerprint density at radius 2 is 1.66 bits per heavy atom. The van der Waals surface area contributed by atoms with Gasteiger partial charge in [0.1, 0.15) is 5.82 Å². The third-order valence-corrected chi connectivity index (χ3v) is 8.65. The van der Waals surface area contributed by atoms with Crippen molar-refractivity contribution in [3.63, 3.8) is 0 Å². The van der Waals surface area contributed by atoms with Gasteiger partial charge in [0, 0.05) is 37.8 Å². The Labute approximate surface area is 214 Å². The molecule has 1 aliphatic carbocycles. The van der Waals surface area contributed by atoms with Crippen LogP contribution in [0.3, 0.4) is 0 Å². The van der Waals surface area contributed by atoms with E-state index in [-0.39, 0.29) is 10.8 Å². The van der Waals surface area contributed by atoms with Crippen molar-refractivity contribution in [1.29, 1.82) is 0 Å². The van der Waals surface area contributed by atoms with Gasteiger partial charge in [-0.05, 0) is 78.8 Å². The second-order valence-corrected chi connectivity index (χ2v) is 12.2. The van der Waals surface area contributed by atoms with Crippen molar-refractivity contribution >= 4 is 5.82 Å². The molecule has 2 aliphatic rings. The molecule has 4 nitrogen and oxygen atoms in total. The first-order valence-electron chi connectivity index (χ1n) is 14.1. The number of nitrogens with two attached hydrogens (primary N) is 1. The van der Waals surface area contributed by atoms with Gasteiger partial charge in [-0.1, -0.05) is 65.7 Å². The molecule has 1 aliphatic heterocycles. The van der Waals surface area contributed by atoms with Crippen LogP contribution in [0.25, 0.3) is 11.3 Å². The standard InChI is InChI=1S/C31H48N4/c1-6-7-8-19-34(22-18-32)25-14-20-35(21-15-25)29-11-9-10-28(33-29)24-12-13-26-27(23-24)31(4,5)17-16-30(26,2)3/h9-13,23,25H,6-8,14-22,32H2,1-5H3. The molecule has 2 aromatic rings. The average Bonchev–Trinajstić information content (AvgIpc) is 2.86. The Bertz CT molecular complexity index is 972. The van der Waals surface area contributed by atoms with Crippen LogP contribution in [0.1, 0.15) is 90.7 Å². The summed E-state index contributed by atoms with van der Waals surface area (Å²) in [4.78, 5) is 10.3. The predicted molar refractivity (Wildman–Crippen MR) is 150 cm³/mol. The highest BCUT2D eigenvalue weighted by atomic mass is 15.2. The van der Waals surface area contributed by atoms with E-state index >= 15 is 0 Å². The first-order valence-corrected chi connectivity index (χ1v) is 14.1. The molecule has 1 fully saturated rings. The summed E-state index contributed by atoms with van der Waals surface area (Å²) in [7, 11) is 0. The predicted octanol–water partition coefficient (Wildman–Crippen LogP) is 6.52. The molecule has 0 saturated carbocycles. The van der Waals surface area contributed by atoms with Gasteiger partial charge in [-0.15, -0.1) is 0 Å². The van der Waals surface area contributed by atoms with Crippen LogP contribution < -0.4 is 10.6 Å². The van der Waals surface area contributed by atoms with Crippen LogP contribution in [0, 0.1) is 0 Å². The topological polar surface area (TPSA) is 45.4 Å². The molecule has 0 unspecified atom stereocenters. The lowest BCUT2D eigenvalue weighted by atomic mass is 9.63. The monoisotopic (exact) mass is 476 g/mol. The lowest BCUT2D eigenvalue weighted by Gasteiger charge is -2.42. The second-order valence-electron chi connectivity index (χ2n) is 12.2. The molecule has 0 spiro atoms. The minimum absolute atomic E-state index is 0.215.